The van der Waals surface area contributed by atoms with Crippen LogP contribution in [-0.4, -0.2) is 33.9 Å². The standard InChI is InChI=1S/C12H17GeNOS/c1-10-9-14(11(2)15)13(3,16-10)12-7-5-4-6-8-12/h4-8,10H,9H2,1-3H3. The van der Waals surface area contributed by atoms with Gasteiger partial charge in [-0.15, -0.1) is 0 Å². The van der Waals surface area contributed by atoms with E-state index in [2.05, 4.69) is 40.8 Å². The van der Waals surface area contributed by atoms with Gasteiger partial charge in [0.2, 0.25) is 0 Å². The minimum absolute atomic E-state index is 0.239. The molecule has 1 aliphatic rings. The number of carbonyl (C=O) groups excluding carboxylic acids is 1. The minimum atomic E-state index is -2.38. The summed E-state index contributed by atoms with van der Waals surface area (Å²) in [6, 6.07) is 10.6. The molecule has 0 bridgehead atoms. The Hall–Kier alpha value is -0.417. The van der Waals surface area contributed by atoms with Crippen LogP contribution in [-0.2, 0) is 4.79 Å². The van der Waals surface area contributed by atoms with Gasteiger partial charge >= 0.3 is 103 Å². The van der Waals surface area contributed by atoms with E-state index in [9.17, 15) is 4.79 Å². The van der Waals surface area contributed by atoms with E-state index < -0.39 is 12.3 Å². The van der Waals surface area contributed by atoms with Gasteiger partial charge in [0.1, 0.15) is 0 Å². The van der Waals surface area contributed by atoms with Crippen molar-refractivity contribution in [3.63, 3.8) is 0 Å². The fourth-order valence-electron chi connectivity index (χ4n) is 2.32. The van der Waals surface area contributed by atoms with Crippen LogP contribution in [0, 0.1) is 0 Å². The van der Waals surface area contributed by atoms with Crippen LogP contribution in [0.1, 0.15) is 13.8 Å². The van der Waals surface area contributed by atoms with Crippen molar-refractivity contribution in [2.45, 2.75) is 24.9 Å². The van der Waals surface area contributed by atoms with Crippen LogP contribution < -0.4 is 4.40 Å². The molecule has 1 fully saturated rings. The summed E-state index contributed by atoms with van der Waals surface area (Å²) in [6.07, 6.45) is 0. The van der Waals surface area contributed by atoms with E-state index in [1.54, 1.807) is 6.92 Å². The molecule has 1 saturated heterocycles. The quantitative estimate of drug-likeness (QED) is 0.738. The maximum absolute atomic E-state index is 11.7. The van der Waals surface area contributed by atoms with Crippen LogP contribution >= 0.6 is 10.1 Å². The van der Waals surface area contributed by atoms with E-state index in [-0.39, 0.29) is 5.91 Å². The summed E-state index contributed by atoms with van der Waals surface area (Å²) >= 11 is -2.38. The molecule has 1 aromatic carbocycles. The molecule has 4 heteroatoms. The first kappa shape index (κ1) is 12.1. The van der Waals surface area contributed by atoms with Crippen molar-refractivity contribution in [1.29, 1.82) is 0 Å². The summed E-state index contributed by atoms with van der Waals surface area (Å²) in [5, 5.41) is 0.578. The molecule has 0 spiro atoms. The molecule has 2 atom stereocenters. The van der Waals surface area contributed by atoms with Crippen molar-refractivity contribution in [1.82, 2.24) is 3.86 Å². The zero-order valence-electron chi connectivity index (χ0n) is 9.93. The molecule has 2 nitrogen and oxygen atoms in total. The third kappa shape index (κ3) is 2.03. The molecule has 0 saturated carbocycles. The van der Waals surface area contributed by atoms with Gasteiger partial charge in [0, 0.05) is 0 Å². The van der Waals surface area contributed by atoms with Crippen LogP contribution in [0.4, 0.5) is 0 Å². The Kier molecular flexibility index (Phi) is 3.35. The number of benzene rings is 1. The summed E-state index contributed by atoms with van der Waals surface area (Å²) in [7, 11) is 2.05. The topological polar surface area (TPSA) is 20.3 Å². The molecule has 0 aromatic heterocycles. The second-order valence-electron chi connectivity index (χ2n) is 4.41. The number of carbonyl (C=O) groups is 1. The summed E-state index contributed by atoms with van der Waals surface area (Å²) in [5.41, 5.74) is 0. The van der Waals surface area contributed by atoms with Gasteiger partial charge in [-0.2, -0.15) is 0 Å². The van der Waals surface area contributed by atoms with Crippen molar-refractivity contribution < 1.29 is 4.79 Å². The zero-order valence-corrected chi connectivity index (χ0v) is 12.8. The Morgan fingerprint density at radius 1 is 1.44 bits per heavy atom. The van der Waals surface area contributed by atoms with E-state index in [1.165, 1.54) is 4.40 Å². The van der Waals surface area contributed by atoms with E-state index in [0.717, 1.165) is 6.54 Å². The van der Waals surface area contributed by atoms with Crippen molar-refractivity contribution in [2.24, 2.45) is 0 Å². The van der Waals surface area contributed by atoms with Crippen molar-refractivity contribution >= 4 is 32.7 Å². The molecule has 16 heavy (non-hydrogen) atoms. The van der Waals surface area contributed by atoms with Gasteiger partial charge < -0.3 is 0 Å². The van der Waals surface area contributed by atoms with Gasteiger partial charge in [-0.3, -0.25) is 0 Å². The van der Waals surface area contributed by atoms with E-state index in [1.807, 2.05) is 16.2 Å². The van der Waals surface area contributed by atoms with Gasteiger partial charge in [-0.1, -0.05) is 0 Å². The monoisotopic (exact) mass is 297 g/mol. The van der Waals surface area contributed by atoms with Gasteiger partial charge in [-0.05, 0) is 0 Å². The molecule has 1 aliphatic heterocycles. The van der Waals surface area contributed by atoms with Gasteiger partial charge in [0.15, 0.2) is 0 Å². The zero-order chi connectivity index (χ0) is 11.8. The second kappa shape index (κ2) is 4.45. The Morgan fingerprint density at radius 3 is 2.62 bits per heavy atom. The number of rotatable bonds is 1. The van der Waals surface area contributed by atoms with Crippen LogP contribution in [0.3, 0.4) is 0 Å². The molecule has 1 amide bonds. The number of amides is 1. The summed E-state index contributed by atoms with van der Waals surface area (Å²) in [5.74, 6) is 2.56. The van der Waals surface area contributed by atoms with Crippen molar-refractivity contribution in [3.8, 4) is 0 Å². The summed E-state index contributed by atoms with van der Waals surface area (Å²) in [6.45, 7) is 4.84. The second-order valence-corrected chi connectivity index (χ2v) is 17.5. The molecule has 1 heterocycles. The average molecular weight is 296 g/mol. The fourth-order valence-corrected chi connectivity index (χ4v) is 17.6. The Bertz CT molecular complexity index is 397. The van der Waals surface area contributed by atoms with Crippen molar-refractivity contribution in [2.75, 3.05) is 6.54 Å². The number of hydrogen-bond acceptors (Lipinski definition) is 2. The normalized spacial score (nSPS) is 29.4. The maximum atomic E-state index is 11.7. The van der Waals surface area contributed by atoms with Crippen LogP contribution in [0.2, 0.25) is 5.76 Å². The first-order valence-corrected chi connectivity index (χ1v) is 13.1. The van der Waals surface area contributed by atoms with E-state index in [4.69, 9.17) is 0 Å². The molecule has 1 aromatic rings. The van der Waals surface area contributed by atoms with Crippen LogP contribution in [0.5, 0.6) is 0 Å². The van der Waals surface area contributed by atoms with Gasteiger partial charge in [0.25, 0.3) is 0 Å². The third-order valence-electron chi connectivity index (χ3n) is 3.07. The van der Waals surface area contributed by atoms with E-state index >= 15 is 0 Å². The summed E-state index contributed by atoms with van der Waals surface area (Å²) < 4.78 is 3.55. The Labute approximate surface area is 103 Å². The molecule has 0 radical (unpaired) electrons. The molecule has 86 valence electrons. The number of hydrogen-bond donors (Lipinski definition) is 0. The predicted octanol–water partition coefficient (Wildman–Crippen LogP) is 1.95. The first-order chi connectivity index (χ1) is 7.54. The third-order valence-corrected chi connectivity index (χ3v) is 18.0. The first-order valence-electron chi connectivity index (χ1n) is 5.55. The molecular formula is C12H17GeNOS. The number of nitrogens with zero attached hydrogens (tertiary/aromatic N) is 1. The Morgan fingerprint density at radius 2 is 2.06 bits per heavy atom. The average Bonchev–Trinajstić information content (AvgIpc) is 2.57. The Balaban J connectivity index is 2.39. The molecule has 0 aliphatic carbocycles. The van der Waals surface area contributed by atoms with Crippen molar-refractivity contribution in [3.05, 3.63) is 30.3 Å². The van der Waals surface area contributed by atoms with Gasteiger partial charge in [0.05, 0.1) is 0 Å². The summed E-state index contributed by atoms with van der Waals surface area (Å²) in [4.78, 5) is 11.7. The van der Waals surface area contributed by atoms with Crippen LogP contribution in [0.15, 0.2) is 30.3 Å². The van der Waals surface area contributed by atoms with Crippen LogP contribution in [0.25, 0.3) is 0 Å². The molecule has 0 N–H and O–H groups in total. The SMILES string of the molecule is CC(=O)[N]1CC(C)[S][Ge]1([CH3])[c]1ccccc1. The molecule has 2 unspecified atom stereocenters. The molecular weight excluding hydrogens is 279 g/mol. The fraction of sp³-hybridized carbons (Fsp3) is 0.417. The molecule has 2 rings (SSSR count). The van der Waals surface area contributed by atoms with E-state index in [0.29, 0.717) is 5.25 Å². The van der Waals surface area contributed by atoms with Gasteiger partial charge in [-0.25, -0.2) is 0 Å². The predicted molar refractivity (Wildman–Crippen MR) is 72.1 cm³/mol.